The van der Waals surface area contributed by atoms with Crippen LogP contribution in [0.15, 0.2) is 63.2 Å². The molecule has 3 aromatic heterocycles. The first-order valence-corrected chi connectivity index (χ1v) is 18.0. The zero-order valence-electron chi connectivity index (χ0n) is 27.9. The van der Waals surface area contributed by atoms with Gasteiger partial charge in [0.05, 0.1) is 48.1 Å². The molecule has 1 aromatic carbocycles. The molecule has 3 amide bonds. The van der Waals surface area contributed by atoms with E-state index >= 15 is 0 Å². The van der Waals surface area contributed by atoms with Gasteiger partial charge in [0.2, 0.25) is 17.7 Å². The Morgan fingerprint density at radius 1 is 0.942 bits per heavy atom. The quantitative estimate of drug-likeness (QED) is 0.221. The summed E-state index contributed by atoms with van der Waals surface area (Å²) in [7, 11) is -2.89. The van der Waals surface area contributed by atoms with Crippen LogP contribution in [0, 0.1) is 0 Å². The molecule has 2 N–H and O–H groups in total. The number of carbonyl (C=O) groups excluding carboxylic acids is 3. The van der Waals surface area contributed by atoms with E-state index in [1.807, 2.05) is 0 Å². The Hall–Kier alpha value is -5.64. The van der Waals surface area contributed by atoms with Gasteiger partial charge in [0, 0.05) is 38.0 Å². The third kappa shape index (κ3) is 9.37. The number of ether oxygens (including phenoxy) is 2. The van der Waals surface area contributed by atoms with Gasteiger partial charge < -0.3 is 18.9 Å². The highest BCUT2D eigenvalue weighted by atomic mass is 32.2. The average molecular weight is 770 g/mol. The summed E-state index contributed by atoms with van der Waals surface area (Å²) >= 11 is 0. The van der Waals surface area contributed by atoms with Crippen LogP contribution in [0.3, 0.4) is 0 Å². The van der Waals surface area contributed by atoms with E-state index in [1.54, 1.807) is 4.72 Å². The number of sulfone groups is 1. The van der Waals surface area contributed by atoms with E-state index in [-0.39, 0.29) is 40.3 Å². The van der Waals surface area contributed by atoms with Gasteiger partial charge in [-0.3, -0.25) is 14.9 Å². The molecule has 0 unspecified atom stereocenters. The van der Waals surface area contributed by atoms with Gasteiger partial charge in [-0.15, -0.1) is 0 Å². The number of amides is 3. The van der Waals surface area contributed by atoms with Gasteiger partial charge in [0.15, 0.2) is 26.4 Å². The summed E-state index contributed by atoms with van der Waals surface area (Å²) in [6.45, 7) is 0. The maximum Gasteiger partial charge on any atom is 0.416 e. The zero-order valence-corrected chi connectivity index (χ0v) is 29.5. The van der Waals surface area contributed by atoms with Crippen LogP contribution >= 0.6 is 0 Å². The fourth-order valence-corrected chi connectivity index (χ4v) is 6.31. The number of hydrogen-bond donors (Lipinski definition) is 2. The Bertz CT molecular complexity index is 2200. The average Bonchev–Trinajstić information content (AvgIpc) is 3.81. The molecule has 0 radical (unpaired) electrons. The molecule has 278 valence electrons. The van der Waals surface area contributed by atoms with E-state index in [4.69, 9.17) is 14.0 Å². The third-order valence-corrected chi connectivity index (χ3v) is 9.38. The Morgan fingerprint density at radius 2 is 1.58 bits per heavy atom. The summed E-state index contributed by atoms with van der Waals surface area (Å²) in [5.41, 5.74) is -1.56. The molecule has 0 atom stereocenters. The topological polar surface area (TPSA) is 230 Å². The second kappa shape index (κ2) is 15.3. The molecule has 1 saturated carbocycles. The van der Waals surface area contributed by atoms with E-state index < -0.39 is 59.2 Å². The van der Waals surface area contributed by atoms with Crippen molar-refractivity contribution in [3.05, 3.63) is 76.8 Å². The van der Waals surface area contributed by atoms with Crippen molar-refractivity contribution in [2.45, 2.75) is 34.9 Å². The molecule has 22 heteroatoms. The summed E-state index contributed by atoms with van der Waals surface area (Å²) in [5.74, 6) is -0.985. The van der Waals surface area contributed by atoms with Crippen LogP contribution in [0.5, 0.6) is 11.8 Å². The number of halogens is 3. The first kappa shape index (κ1) is 39.2. The van der Waals surface area contributed by atoms with Crippen molar-refractivity contribution in [1.82, 2.24) is 29.7 Å². The van der Waals surface area contributed by atoms with E-state index in [9.17, 15) is 44.4 Å². The number of rotatable bonds is 10. The third-order valence-electron chi connectivity index (χ3n) is 6.96. The Morgan fingerprint density at radius 3 is 2.12 bits per heavy atom. The predicted octanol–water partition coefficient (Wildman–Crippen LogP) is 3.31. The van der Waals surface area contributed by atoms with Crippen LogP contribution in [0.1, 0.15) is 56.4 Å². The second-order valence-corrected chi connectivity index (χ2v) is 14.7. The minimum absolute atomic E-state index is 0.0441. The molecule has 1 aliphatic rings. The van der Waals surface area contributed by atoms with Crippen LogP contribution in [-0.4, -0.2) is 94.1 Å². The lowest BCUT2D eigenvalue weighted by Gasteiger charge is -2.14. The van der Waals surface area contributed by atoms with E-state index in [0.717, 1.165) is 25.2 Å². The normalized spacial score (nSPS) is 12.9. The molecule has 0 aliphatic heterocycles. The van der Waals surface area contributed by atoms with Crippen LogP contribution in [0.25, 0.3) is 0 Å². The summed E-state index contributed by atoms with van der Waals surface area (Å²) in [5, 5.41) is 5.12. The maximum atomic E-state index is 12.8. The highest BCUT2D eigenvalue weighted by Gasteiger charge is 2.36. The predicted molar refractivity (Wildman–Crippen MR) is 173 cm³/mol. The van der Waals surface area contributed by atoms with Crippen molar-refractivity contribution in [2.24, 2.45) is 0 Å². The highest BCUT2D eigenvalue weighted by Crippen LogP contribution is 2.42. The largest absolute Gasteiger partial charge is 0.481 e. The number of urea groups is 1. The number of methoxy groups -OCH3 is 2. The molecule has 1 aliphatic carbocycles. The number of nitrogens with one attached hydrogen (secondary N) is 2. The van der Waals surface area contributed by atoms with Gasteiger partial charge in [-0.2, -0.15) is 31.6 Å². The van der Waals surface area contributed by atoms with Crippen molar-refractivity contribution in [2.75, 3.05) is 39.9 Å². The summed E-state index contributed by atoms with van der Waals surface area (Å²) in [6, 6.07) is 4.95. The number of benzene rings is 1. The van der Waals surface area contributed by atoms with Gasteiger partial charge in [0.1, 0.15) is 0 Å². The molecular weight excluding hydrogens is 739 g/mol. The number of aromatic nitrogens is 4. The zero-order chi connectivity index (χ0) is 38.6. The number of nitrogens with zero attached hydrogens (tertiary/aromatic N) is 5. The summed E-state index contributed by atoms with van der Waals surface area (Å²) < 4.78 is 104. The fourth-order valence-electron chi connectivity index (χ4n) is 4.37. The van der Waals surface area contributed by atoms with Gasteiger partial charge in [-0.1, -0.05) is 5.16 Å². The Labute approximate surface area is 294 Å². The lowest BCUT2D eigenvalue weighted by Crippen LogP contribution is -2.36. The van der Waals surface area contributed by atoms with Crippen LogP contribution < -0.4 is 19.5 Å². The molecular formula is C30H30F3N7O10S2. The Balaban J connectivity index is 0.000000235. The van der Waals surface area contributed by atoms with Gasteiger partial charge in [-0.25, -0.2) is 22.9 Å². The van der Waals surface area contributed by atoms with Crippen molar-refractivity contribution in [1.29, 1.82) is 0 Å². The lowest BCUT2D eigenvalue weighted by molar-refractivity contribution is -0.137. The highest BCUT2D eigenvalue weighted by molar-refractivity contribution is 7.90. The van der Waals surface area contributed by atoms with Crippen LogP contribution in [-0.2, 0) is 26.0 Å². The standard InChI is InChI=1S/C15H12F3NO4S.C15H18N6O6S/c1-24(21,22)12-6-9(15(16,17)18)4-5-10(12)13(20)11-7-19-23-14(11)8-2-3-8;1-21(2)13(22)9-6-5-7-16-12(9)28(24,25)20-15(23)19-14-17-10(26-3)8-11(18-14)27-4/h4-8H,2-3H2,1H3;5-8H,1-4H3,(H2,17,18,19,20,23). The molecule has 3 heterocycles. The minimum atomic E-state index is -4.71. The van der Waals surface area contributed by atoms with Crippen molar-refractivity contribution >= 4 is 43.5 Å². The molecule has 17 nitrogen and oxygen atoms in total. The van der Waals surface area contributed by atoms with Gasteiger partial charge in [-0.05, 0) is 43.2 Å². The fraction of sp³-hybridized carbons (Fsp3) is 0.300. The molecule has 0 bridgehead atoms. The number of carbonyl (C=O) groups is 3. The molecule has 1 fully saturated rings. The SMILES string of the molecule is COc1cc(OC)nc(NC(=O)NS(=O)(=O)c2ncccc2C(=O)N(C)C)n1.CS(=O)(=O)c1cc(C(F)(F)F)ccc1C(=O)c1cnoc1C1CC1. The van der Waals surface area contributed by atoms with E-state index in [2.05, 4.69) is 25.4 Å². The van der Waals surface area contributed by atoms with E-state index in [1.165, 1.54) is 63.8 Å². The van der Waals surface area contributed by atoms with Crippen molar-refractivity contribution in [3.63, 3.8) is 0 Å². The van der Waals surface area contributed by atoms with Crippen molar-refractivity contribution in [3.8, 4) is 11.8 Å². The minimum Gasteiger partial charge on any atom is -0.481 e. The lowest BCUT2D eigenvalue weighted by atomic mass is 10.0. The summed E-state index contributed by atoms with van der Waals surface area (Å²) in [4.78, 5) is 48.9. The van der Waals surface area contributed by atoms with E-state index in [0.29, 0.717) is 17.9 Å². The monoisotopic (exact) mass is 769 g/mol. The number of alkyl halides is 3. The number of pyridine rings is 1. The second-order valence-electron chi connectivity index (χ2n) is 11.1. The number of hydrogen-bond acceptors (Lipinski definition) is 14. The molecule has 4 aromatic rings. The molecule has 0 spiro atoms. The Kier molecular flexibility index (Phi) is 11.5. The van der Waals surface area contributed by atoms with Crippen LogP contribution in [0.2, 0.25) is 0 Å². The van der Waals surface area contributed by atoms with Gasteiger partial charge >= 0.3 is 12.2 Å². The molecule has 5 rings (SSSR count). The smallest absolute Gasteiger partial charge is 0.416 e. The molecule has 0 saturated heterocycles. The van der Waals surface area contributed by atoms with Crippen molar-refractivity contribution < 1.29 is 58.4 Å². The summed E-state index contributed by atoms with van der Waals surface area (Å²) in [6.07, 6.45) is 0.0452. The molecule has 52 heavy (non-hydrogen) atoms. The van der Waals surface area contributed by atoms with Crippen LogP contribution in [0.4, 0.5) is 23.9 Å². The first-order chi connectivity index (χ1) is 24.3. The number of ketones is 1. The first-order valence-electron chi connectivity index (χ1n) is 14.6. The number of anilines is 1. The van der Waals surface area contributed by atoms with Gasteiger partial charge in [0.25, 0.3) is 15.9 Å². The maximum absolute atomic E-state index is 12.8. The number of sulfonamides is 1.